The monoisotopic (exact) mass is 328 g/mol. The van der Waals surface area contributed by atoms with Crippen LogP contribution in [0.5, 0.6) is 0 Å². The van der Waals surface area contributed by atoms with Gasteiger partial charge in [0, 0.05) is 32.0 Å². The van der Waals surface area contributed by atoms with Gasteiger partial charge >= 0.3 is 0 Å². The van der Waals surface area contributed by atoms with Crippen molar-refractivity contribution in [1.29, 1.82) is 0 Å². The standard InChI is InChI=1S/C12H10BrClN2S/c13-8-1-3-10(16-6-8)7-17-12-4-2-9(14)5-11(12)15/h1-6H,7,15H2. The van der Waals surface area contributed by atoms with E-state index in [0.29, 0.717) is 10.7 Å². The van der Waals surface area contributed by atoms with E-state index in [4.69, 9.17) is 17.3 Å². The minimum absolute atomic E-state index is 0.661. The first kappa shape index (κ1) is 12.7. The summed E-state index contributed by atoms with van der Waals surface area (Å²) >= 11 is 10.9. The summed E-state index contributed by atoms with van der Waals surface area (Å²) in [5.74, 6) is 0.791. The van der Waals surface area contributed by atoms with Gasteiger partial charge in [-0.1, -0.05) is 11.6 Å². The van der Waals surface area contributed by atoms with Crippen molar-refractivity contribution >= 4 is 45.0 Å². The fourth-order valence-corrected chi connectivity index (χ4v) is 2.57. The second kappa shape index (κ2) is 5.76. The normalized spacial score (nSPS) is 10.5. The largest absolute Gasteiger partial charge is 0.398 e. The Balaban J connectivity index is 2.04. The summed E-state index contributed by atoms with van der Waals surface area (Å²) in [5, 5.41) is 0.661. The molecule has 17 heavy (non-hydrogen) atoms. The number of nitrogens with zero attached hydrogens (tertiary/aromatic N) is 1. The van der Waals surface area contributed by atoms with E-state index in [0.717, 1.165) is 20.8 Å². The molecule has 1 heterocycles. The van der Waals surface area contributed by atoms with E-state index < -0.39 is 0 Å². The van der Waals surface area contributed by atoms with Crippen molar-refractivity contribution in [2.45, 2.75) is 10.6 Å². The van der Waals surface area contributed by atoms with E-state index in [1.54, 1.807) is 24.0 Å². The van der Waals surface area contributed by atoms with Crippen molar-refractivity contribution in [1.82, 2.24) is 4.98 Å². The molecular formula is C12H10BrClN2S. The molecule has 2 aromatic rings. The number of rotatable bonds is 3. The van der Waals surface area contributed by atoms with Gasteiger partial charge in [0.05, 0.1) is 5.69 Å². The third-order valence-corrected chi connectivity index (χ3v) is 3.96. The van der Waals surface area contributed by atoms with Gasteiger partial charge in [0.1, 0.15) is 0 Å². The Labute approximate surface area is 118 Å². The SMILES string of the molecule is Nc1cc(Cl)ccc1SCc1ccc(Br)cn1. The van der Waals surface area contributed by atoms with Crippen LogP contribution in [0, 0.1) is 0 Å². The number of nitrogen functional groups attached to an aromatic ring is 1. The Hall–Kier alpha value is -0.710. The molecule has 0 amide bonds. The molecular weight excluding hydrogens is 320 g/mol. The van der Waals surface area contributed by atoms with Gasteiger partial charge < -0.3 is 5.73 Å². The maximum atomic E-state index is 5.88. The number of aromatic nitrogens is 1. The number of hydrogen-bond acceptors (Lipinski definition) is 3. The Kier molecular flexibility index (Phi) is 4.31. The van der Waals surface area contributed by atoms with Gasteiger partial charge in [-0.25, -0.2) is 0 Å². The first-order valence-corrected chi connectivity index (χ1v) is 7.09. The van der Waals surface area contributed by atoms with Gasteiger partial charge in [0.2, 0.25) is 0 Å². The number of benzene rings is 1. The molecule has 0 unspecified atom stereocenters. The van der Waals surface area contributed by atoms with Gasteiger partial charge in [0.15, 0.2) is 0 Å². The highest BCUT2D eigenvalue weighted by Crippen LogP contribution is 2.29. The second-order valence-electron chi connectivity index (χ2n) is 3.44. The number of pyridine rings is 1. The van der Waals surface area contributed by atoms with Gasteiger partial charge in [-0.05, 0) is 46.3 Å². The quantitative estimate of drug-likeness (QED) is 0.671. The van der Waals surface area contributed by atoms with Crippen LogP contribution in [0.25, 0.3) is 0 Å². The molecule has 2 nitrogen and oxygen atoms in total. The third kappa shape index (κ3) is 3.63. The molecule has 0 spiro atoms. The van der Waals surface area contributed by atoms with Crippen molar-refractivity contribution in [3.63, 3.8) is 0 Å². The summed E-state index contributed by atoms with van der Waals surface area (Å²) < 4.78 is 0.984. The number of anilines is 1. The van der Waals surface area contributed by atoms with Crippen molar-refractivity contribution in [3.8, 4) is 0 Å². The molecule has 0 atom stereocenters. The lowest BCUT2D eigenvalue weighted by Gasteiger charge is -2.05. The van der Waals surface area contributed by atoms with Crippen LogP contribution in [0.4, 0.5) is 5.69 Å². The van der Waals surface area contributed by atoms with Crippen LogP contribution in [0.3, 0.4) is 0 Å². The van der Waals surface area contributed by atoms with E-state index in [9.17, 15) is 0 Å². The minimum Gasteiger partial charge on any atom is -0.398 e. The molecule has 0 aliphatic rings. The van der Waals surface area contributed by atoms with E-state index in [1.807, 2.05) is 24.3 Å². The Bertz CT molecular complexity index is 516. The van der Waals surface area contributed by atoms with E-state index in [-0.39, 0.29) is 0 Å². The molecule has 0 saturated carbocycles. The van der Waals surface area contributed by atoms with Crippen molar-refractivity contribution in [2.75, 3.05) is 5.73 Å². The summed E-state index contributed by atoms with van der Waals surface area (Å²) in [4.78, 5) is 5.33. The van der Waals surface area contributed by atoms with Crippen LogP contribution < -0.4 is 5.73 Å². The van der Waals surface area contributed by atoms with Crippen LogP contribution in [-0.4, -0.2) is 4.98 Å². The fraction of sp³-hybridized carbons (Fsp3) is 0.0833. The summed E-state index contributed by atoms with van der Waals surface area (Å²) in [6.07, 6.45) is 1.79. The third-order valence-electron chi connectivity index (χ3n) is 2.14. The van der Waals surface area contributed by atoms with E-state index in [1.165, 1.54) is 0 Å². The van der Waals surface area contributed by atoms with Crippen molar-refractivity contribution in [3.05, 3.63) is 51.7 Å². The van der Waals surface area contributed by atoms with E-state index in [2.05, 4.69) is 20.9 Å². The summed E-state index contributed by atoms with van der Waals surface area (Å²) in [5.41, 5.74) is 7.61. The van der Waals surface area contributed by atoms with Crippen LogP contribution in [-0.2, 0) is 5.75 Å². The van der Waals surface area contributed by atoms with Crippen LogP contribution in [0.15, 0.2) is 45.9 Å². The predicted octanol–water partition coefficient (Wildman–Crippen LogP) is 4.37. The zero-order chi connectivity index (χ0) is 12.3. The molecule has 2 N–H and O–H groups in total. The lowest BCUT2D eigenvalue weighted by molar-refractivity contribution is 1.16. The highest BCUT2D eigenvalue weighted by Gasteiger charge is 2.02. The maximum Gasteiger partial charge on any atom is 0.0507 e. The molecule has 0 aliphatic carbocycles. The second-order valence-corrected chi connectivity index (χ2v) is 5.81. The number of thioether (sulfide) groups is 1. The van der Waals surface area contributed by atoms with Gasteiger partial charge in [-0.2, -0.15) is 0 Å². The predicted molar refractivity (Wildman–Crippen MR) is 77.4 cm³/mol. The number of hydrogen-bond donors (Lipinski definition) is 1. The zero-order valence-electron chi connectivity index (χ0n) is 8.86. The van der Waals surface area contributed by atoms with Crippen LogP contribution in [0.1, 0.15) is 5.69 Å². The lowest BCUT2D eigenvalue weighted by atomic mass is 10.3. The Morgan fingerprint density at radius 2 is 2.12 bits per heavy atom. The molecule has 88 valence electrons. The molecule has 5 heteroatoms. The fourth-order valence-electron chi connectivity index (χ4n) is 1.29. The van der Waals surface area contributed by atoms with Crippen LogP contribution in [0.2, 0.25) is 5.02 Å². The Morgan fingerprint density at radius 1 is 1.29 bits per heavy atom. The highest BCUT2D eigenvalue weighted by atomic mass is 79.9. The van der Waals surface area contributed by atoms with Gasteiger partial charge in [0.25, 0.3) is 0 Å². The Morgan fingerprint density at radius 3 is 2.76 bits per heavy atom. The molecule has 0 radical (unpaired) electrons. The minimum atomic E-state index is 0.661. The van der Waals surface area contributed by atoms with Crippen molar-refractivity contribution < 1.29 is 0 Å². The molecule has 0 fully saturated rings. The average molecular weight is 330 g/mol. The first-order chi connectivity index (χ1) is 8.15. The molecule has 0 saturated heterocycles. The number of halogens is 2. The smallest absolute Gasteiger partial charge is 0.0507 e. The molecule has 0 bridgehead atoms. The van der Waals surface area contributed by atoms with E-state index >= 15 is 0 Å². The van der Waals surface area contributed by atoms with Crippen LogP contribution >= 0.6 is 39.3 Å². The summed E-state index contributed by atoms with van der Waals surface area (Å²) in [6.45, 7) is 0. The van der Waals surface area contributed by atoms with Crippen molar-refractivity contribution in [2.24, 2.45) is 0 Å². The summed E-state index contributed by atoms with van der Waals surface area (Å²) in [6, 6.07) is 9.51. The van der Waals surface area contributed by atoms with Gasteiger partial charge in [-0.15, -0.1) is 11.8 Å². The maximum absolute atomic E-state index is 5.88. The highest BCUT2D eigenvalue weighted by molar-refractivity contribution is 9.10. The molecule has 1 aromatic heterocycles. The topological polar surface area (TPSA) is 38.9 Å². The lowest BCUT2D eigenvalue weighted by Crippen LogP contribution is -1.90. The molecule has 2 rings (SSSR count). The average Bonchev–Trinajstić information content (AvgIpc) is 2.30. The zero-order valence-corrected chi connectivity index (χ0v) is 12.0. The summed E-state index contributed by atoms with van der Waals surface area (Å²) in [7, 11) is 0. The molecule has 1 aromatic carbocycles. The first-order valence-electron chi connectivity index (χ1n) is 4.93. The van der Waals surface area contributed by atoms with Gasteiger partial charge in [-0.3, -0.25) is 4.98 Å². The molecule has 0 aliphatic heterocycles. The number of nitrogens with two attached hydrogens (primary N) is 1.